The fourth-order valence-electron chi connectivity index (χ4n) is 1.68. The molecule has 0 saturated heterocycles. The first-order valence-electron chi connectivity index (χ1n) is 6.96. The highest BCUT2D eigenvalue weighted by molar-refractivity contribution is 5.67. The monoisotopic (exact) mass is 331 g/mol. The van der Waals surface area contributed by atoms with E-state index in [4.69, 9.17) is 9.47 Å². The summed E-state index contributed by atoms with van der Waals surface area (Å²) in [5.74, 6) is 0.0638. The van der Waals surface area contributed by atoms with Crippen molar-refractivity contribution in [3.8, 4) is 5.75 Å². The topological polar surface area (TPSA) is 47.6 Å². The van der Waals surface area contributed by atoms with E-state index in [1.165, 1.54) is 12.1 Å². The average Bonchev–Trinajstić information content (AvgIpc) is 2.40. The molecule has 0 aromatic heterocycles. The van der Waals surface area contributed by atoms with Gasteiger partial charge in [-0.3, -0.25) is 0 Å². The van der Waals surface area contributed by atoms with Crippen LogP contribution in [0, 0.1) is 0 Å². The SMILES string of the molecule is C=Cc1ccc(OCCNC(=O)OC(C)(C)C)cc1C(F)(F)F. The lowest BCUT2D eigenvalue weighted by atomic mass is 10.1. The van der Waals surface area contributed by atoms with Gasteiger partial charge in [0.1, 0.15) is 18.0 Å². The molecule has 23 heavy (non-hydrogen) atoms. The van der Waals surface area contributed by atoms with Crippen LogP contribution < -0.4 is 10.1 Å². The van der Waals surface area contributed by atoms with Gasteiger partial charge < -0.3 is 14.8 Å². The van der Waals surface area contributed by atoms with Gasteiger partial charge in [0.15, 0.2) is 0 Å². The van der Waals surface area contributed by atoms with E-state index in [1.54, 1.807) is 20.8 Å². The van der Waals surface area contributed by atoms with Gasteiger partial charge in [-0.1, -0.05) is 18.7 Å². The molecule has 0 fully saturated rings. The first kappa shape index (κ1) is 18.9. The third kappa shape index (κ3) is 6.63. The van der Waals surface area contributed by atoms with E-state index in [9.17, 15) is 18.0 Å². The van der Waals surface area contributed by atoms with Gasteiger partial charge in [0.2, 0.25) is 0 Å². The number of ether oxygens (including phenoxy) is 2. The zero-order valence-electron chi connectivity index (χ0n) is 13.3. The second-order valence-corrected chi connectivity index (χ2v) is 5.73. The maximum atomic E-state index is 12.9. The predicted octanol–water partition coefficient (Wildman–Crippen LogP) is 4.25. The van der Waals surface area contributed by atoms with E-state index in [0.29, 0.717) is 0 Å². The van der Waals surface area contributed by atoms with Gasteiger partial charge in [-0.05, 0) is 38.5 Å². The summed E-state index contributed by atoms with van der Waals surface area (Å²) < 4.78 is 48.9. The lowest BCUT2D eigenvalue weighted by Gasteiger charge is -2.19. The van der Waals surface area contributed by atoms with Gasteiger partial charge in [-0.2, -0.15) is 13.2 Å². The van der Waals surface area contributed by atoms with E-state index in [-0.39, 0.29) is 24.5 Å². The molecule has 0 unspecified atom stereocenters. The summed E-state index contributed by atoms with van der Waals surface area (Å²) in [6, 6.07) is 3.61. The Morgan fingerprint density at radius 1 is 1.30 bits per heavy atom. The van der Waals surface area contributed by atoms with Crippen molar-refractivity contribution in [2.75, 3.05) is 13.2 Å². The number of hydrogen-bond donors (Lipinski definition) is 1. The van der Waals surface area contributed by atoms with Gasteiger partial charge in [0, 0.05) is 0 Å². The number of carbonyl (C=O) groups excluding carboxylic acids is 1. The Morgan fingerprint density at radius 2 is 1.96 bits per heavy atom. The van der Waals surface area contributed by atoms with Crippen molar-refractivity contribution in [1.82, 2.24) is 5.32 Å². The third-order valence-electron chi connectivity index (χ3n) is 2.59. The minimum Gasteiger partial charge on any atom is -0.492 e. The molecule has 0 bridgehead atoms. The molecule has 0 heterocycles. The fourth-order valence-corrected chi connectivity index (χ4v) is 1.68. The summed E-state index contributed by atoms with van der Waals surface area (Å²) in [5.41, 5.74) is -1.45. The van der Waals surface area contributed by atoms with Crippen LogP contribution in [0.4, 0.5) is 18.0 Å². The van der Waals surface area contributed by atoms with Crippen LogP contribution in [0.3, 0.4) is 0 Å². The summed E-state index contributed by atoms with van der Waals surface area (Å²) in [5, 5.41) is 2.45. The number of rotatable bonds is 5. The highest BCUT2D eigenvalue weighted by atomic mass is 19.4. The highest BCUT2D eigenvalue weighted by Crippen LogP contribution is 2.34. The van der Waals surface area contributed by atoms with E-state index >= 15 is 0 Å². The van der Waals surface area contributed by atoms with Gasteiger partial charge >= 0.3 is 12.3 Å². The average molecular weight is 331 g/mol. The number of benzene rings is 1. The molecule has 0 aliphatic rings. The number of alkyl halides is 3. The van der Waals surface area contributed by atoms with E-state index in [0.717, 1.165) is 12.1 Å². The van der Waals surface area contributed by atoms with E-state index in [2.05, 4.69) is 11.9 Å². The molecule has 1 rings (SSSR count). The molecule has 1 aromatic carbocycles. The molecule has 1 amide bonds. The molecule has 0 aliphatic carbocycles. The van der Waals surface area contributed by atoms with Crippen molar-refractivity contribution in [3.05, 3.63) is 35.9 Å². The molecule has 1 aromatic rings. The first-order chi connectivity index (χ1) is 10.5. The quantitative estimate of drug-likeness (QED) is 0.821. The maximum Gasteiger partial charge on any atom is 0.417 e. The number of carbonyl (C=O) groups is 1. The van der Waals surface area contributed by atoms with Crippen LogP contribution in [0.1, 0.15) is 31.9 Å². The van der Waals surface area contributed by atoms with Crippen molar-refractivity contribution < 1.29 is 27.4 Å². The Hall–Kier alpha value is -2.18. The summed E-state index contributed by atoms with van der Waals surface area (Å²) in [4.78, 5) is 11.4. The lowest BCUT2D eigenvalue weighted by molar-refractivity contribution is -0.137. The molecule has 0 spiro atoms. The molecule has 1 N–H and O–H groups in total. The Labute approximate surface area is 133 Å². The van der Waals surface area contributed by atoms with Crippen molar-refractivity contribution in [3.63, 3.8) is 0 Å². The summed E-state index contributed by atoms with van der Waals surface area (Å²) in [7, 11) is 0. The molecule has 7 heteroatoms. The van der Waals surface area contributed by atoms with Gasteiger partial charge in [0.25, 0.3) is 0 Å². The molecular formula is C16H20F3NO3. The van der Waals surface area contributed by atoms with E-state index in [1.807, 2.05) is 0 Å². The Bertz CT molecular complexity index is 563. The lowest BCUT2D eigenvalue weighted by Crippen LogP contribution is -2.34. The summed E-state index contributed by atoms with van der Waals surface area (Å²) >= 11 is 0. The van der Waals surface area contributed by atoms with Crippen LogP contribution in [0.25, 0.3) is 6.08 Å². The Morgan fingerprint density at radius 3 is 2.48 bits per heavy atom. The first-order valence-corrected chi connectivity index (χ1v) is 6.96. The van der Waals surface area contributed by atoms with Crippen LogP contribution in [-0.4, -0.2) is 24.8 Å². The smallest absolute Gasteiger partial charge is 0.417 e. The molecule has 4 nitrogen and oxygen atoms in total. The standard InChI is InChI=1S/C16H20F3NO3/c1-5-11-6-7-12(10-13(11)16(17,18)19)22-9-8-20-14(21)23-15(2,3)4/h5-7,10H,1,8-9H2,2-4H3,(H,20,21). The van der Waals surface area contributed by atoms with Crippen LogP contribution in [-0.2, 0) is 10.9 Å². The predicted molar refractivity (Wildman–Crippen MR) is 81.3 cm³/mol. The van der Waals surface area contributed by atoms with E-state index < -0.39 is 23.4 Å². The minimum atomic E-state index is -4.49. The molecule has 0 atom stereocenters. The molecule has 128 valence electrons. The molecule has 0 radical (unpaired) electrons. The number of alkyl carbamates (subject to hydrolysis) is 1. The summed E-state index contributed by atoms with van der Waals surface area (Å²) in [6.07, 6.45) is -3.96. The molecular weight excluding hydrogens is 311 g/mol. The van der Waals surface area contributed by atoms with Crippen LogP contribution in [0.5, 0.6) is 5.75 Å². The second kappa shape index (κ2) is 7.39. The van der Waals surface area contributed by atoms with Gasteiger partial charge in [-0.15, -0.1) is 0 Å². The minimum absolute atomic E-state index is 0.0169. The van der Waals surface area contributed by atoms with Crippen LogP contribution >= 0.6 is 0 Å². The van der Waals surface area contributed by atoms with Crippen molar-refractivity contribution in [2.45, 2.75) is 32.5 Å². The largest absolute Gasteiger partial charge is 0.492 e. The van der Waals surface area contributed by atoms with Crippen molar-refractivity contribution in [1.29, 1.82) is 0 Å². The number of halogens is 3. The number of hydrogen-bond acceptors (Lipinski definition) is 3. The van der Waals surface area contributed by atoms with Crippen molar-refractivity contribution >= 4 is 12.2 Å². The maximum absolute atomic E-state index is 12.9. The molecule has 0 saturated carbocycles. The second-order valence-electron chi connectivity index (χ2n) is 5.73. The van der Waals surface area contributed by atoms with Crippen LogP contribution in [0.2, 0.25) is 0 Å². The zero-order valence-corrected chi connectivity index (χ0v) is 13.3. The van der Waals surface area contributed by atoms with Gasteiger partial charge in [-0.25, -0.2) is 4.79 Å². The third-order valence-corrected chi connectivity index (χ3v) is 2.59. The number of amides is 1. The molecule has 0 aliphatic heterocycles. The zero-order chi connectivity index (χ0) is 17.7. The van der Waals surface area contributed by atoms with Gasteiger partial charge in [0.05, 0.1) is 12.1 Å². The van der Waals surface area contributed by atoms with Crippen molar-refractivity contribution in [2.24, 2.45) is 0 Å². The Balaban J connectivity index is 2.56. The Kier molecular flexibility index (Phi) is 6.06. The highest BCUT2D eigenvalue weighted by Gasteiger charge is 2.33. The normalized spacial score (nSPS) is 11.7. The number of nitrogens with one attached hydrogen (secondary N) is 1. The summed E-state index contributed by atoms with van der Waals surface area (Å²) in [6.45, 7) is 8.66. The fraction of sp³-hybridized carbons (Fsp3) is 0.438. The van der Waals surface area contributed by atoms with Crippen LogP contribution in [0.15, 0.2) is 24.8 Å².